The van der Waals surface area contributed by atoms with Crippen LogP contribution in [-0.2, 0) is 4.79 Å². The number of hydrogen-bond donors (Lipinski definition) is 1. The largest absolute Gasteiger partial charge is 0.507 e. The normalized spacial score (nSPS) is 15.5. The number of rotatable bonds is 6. The van der Waals surface area contributed by atoms with E-state index in [0.29, 0.717) is 58.5 Å². The Hall–Kier alpha value is -3.89. The molecule has 1 N–H and O–H groups in total. The molecule has 0 radical (unpaired) electrons. The average Bonchev–Trinajstić information content (AvgIpc) is 2.96. The van der Waals surface area contributed by atoms with Gasteiger partial charge in [0.15, 0.2) is 5.65 Å². The van der Waals surface area contributed by atoms with Gasteiger partial charge in [-0.05, 0) is 61.9 Å². The minimum atomic E-state index is -0.504. The summed E-state index contributed by atoms with van der Waals surface area (Å²) in [6, 6.07) is 8.74. The third-order valence-corrected chi connectivity index (χ3v) is 8.64. The summed E-state index contributed by atoms with van der Waals surface area (Å²) in [5.74, 6) is 0.367. The number of piperazine rings is 1. The summed E-state index contributed by atoms with van der Waals surface area (Å²) in [4.78, 5) is 45.2. The molecule has 1 aliphatic heterocycles. The summed E-state index contributed by atoms with van der Waals surface area (Å²) in [5.41, 5.74) is 2.92. The Labute approximate surface area is 253 Å². The van der Waals surface area contributed by atoms with Crippen molar-refractivity contribution in [3.05, 3.63) is 75.9 Å². The van der Waals surface area contributed by atoms with Crippen molar-refractivity contribution >= 4 is 46.1 Å². The number of benzene rings is 1. The number of aromatic nitrogens is 4. The van der Waals surface area contributed by atoms with Crippen molar-refractivity contribution in [2.24, 2.45) is 0 Å². The number of aromatic hydroxyl groups is 1. The first-order valence-electron chi connectivity index (χ1n) is 13.7. The van der Waals surface area contributed by atoms with Gasteiger partial charge in [-0.2, -0.15) is 4.98 Å². The van der Waals surface area contributed by atoms with Gasteiger partial charge in [-0.1, -0.05) is 38.1 Å². The van der Waals surface area contributed by atoms with Gasteiger partial charge in [0.25, 0.3) is 0 Å². The van der Waals surface area contributed by atoms with Gasteiger partial charge in [-0.3, -0.25) is 9.78 Å². The number of carbonyl (C=O) groups excluding carboxylic acids is 1. The van der Waals surface area contributed by atoms with Crippen molar-refractivity contribution in [1.82, 2.24) is 24.4 Å². The van der Waals surface area contributed by atoms with Crippen LogP contribution in [0.4, 0.5) is 5.82 Å². The highest BCUT2D eigenvalue weighted by Crippen LogP contribution is 2.42. The molecule has 1 amide bonds. The zero-order valence-electron chi connectivity index (χ0n) is 24.3. The highest BCUT2D eigenvalue weighted by atomic mass is 35.5. The van der Waals surface area contributed by atoms with E-state index in [4.69, 9.17) is 16.6 Å². The van der Waals surface area contributed by atoms with Crippen molar-refractivity contribution in [2.45, 2.75) is 44.6 Å². The molecule has 11 heteroatoms. The Morgan fingerprint density at radius 3 is 2.67 bits per heavy atom. The molecule has 3 aromatic heterocycles. The molecular formula is C31H33ClN6O3S. The Morgan fingerprint density at radius 1 is 1.24 bits per heavy atom. The fourth-order valence-electron chi connectivity index (χ4n) is 5.52. The zero-order valence-corrected chi connectivity index (χ0v) is 25.8. The standard InChI is InChI=1S/C31H33ClN6O3S/c1-7-24(40)36-13-14-37(19(5)16-36)29-20-15-21(32)27(25-22(39)9-8-10-23(25)42-6)34-30(20)38(31(41)35-29)28-18(4)11-12-33-26(28)17(2)3/h7-12,15,17,19,39H,1,13-14,16H2,2-6H3/t19-/m0/s1. The monoisotopic (exact) mass is 604 g/mol. The summed E-state index contributed by atoms with van der Waals surface area (Å²) >= 11 is 8.39. The summed E-state index contributed by atoms with van der Waals surface area (Å²) in [6.07, 6.45) is 4.96. The van der Waals surface area contributed by atoms with Crippen molar-refractivity contribution in [2.75, 3.05) is 30.8 Å². The lowest BCUT2D eigenvalue weighted by Gasteiger charge is -2.40. The van der Waals surface area contributed by atoms with Gasteiger partial charge < -0.3 is 14.9 Å². The number of phenolic OH excluding ortho intramolecular Hbond substituents is 1. The zero-order chi connectivity index (χ0) is 30.3. The van der Waals surface area contributed by atoms with Crippen LogP contribution in [0.25, 0.3) is 28.0 Å². The maximum absolute atomic E-state index is 14.1. The average molecular weight is 605 g/mol. The molecule has 0 bridgehead atoms. The van der Waals surface area contributed by atoms with Crippen LogP contribution in [0.2, 0.25) is 5.02 Å². The molecule has 1 saturated heterocycles. The van der Waals surface area contributed by atoms with Crippen LogP contribution in [0.15, 0.2) is 58.9 Å². The van der Waals surface area contributed by atoms with Gasteiger partial charge in [0.1, 0.15) is 11.6 Å². The molecule has 0 unspecified atom stereocenters. The number of hydrogen-bond acceptors (Lipinski definition) is 8. The molecule has 0 saturated carbocycles. The molecule has 5 rings (SSSR count). The van der Waals surface area contributed by atoms with E-state index < -0.39 is 5.69 Å². The van der Waals surface area contributed by atoms with Crippen LogP contribution < -0.4 is 10.6 Å². The predicted octanol–water partition coefficient (Wildman–Crippen LogP) is 5.58. The van der Waals surface area contributed by atoms with E-state index in [0.717, 1.165) is 16.2 Å². The lowest BCUT2D eigenvalue weighted by Crippen LogP contribution is -2.54. The van der Waals surface area contributed by atoms with Crippen molar-refractivity contribution in [1.29, 1.82) is 0 Å². The van der Waals surface area contributed by atoms with Crippen molar-refractivity contribution < 1.29 is 9.90 Å². The first-order valence-corrected chi connectivity index (χ1v) is 15.3. The maximum atomic E-state index is 14.1. The molecule has 218 valence electrons. The number of nitrogens with zero attached hydrogens (tertiary/aromatic N) is 6. The van der Waals surface area contributed by atoms with Crippen LogP contribution in [0.3, 0.4) is 0 Å². The van der Waals surface area contributed by atoms with Gasteiger partial charge in [-0.25, -0.2) is 14.3 Å². The Kier molecular flexibility index (Phi) is 8.30. The van der Waals surface area contributed by atoms with Crippen molar-refractivity contribution in [3.63, 3.8) is 0 Å². The molecule has 42 heavy (non-hydrogen) atoms. The maximum Gasteiger partial charge on any atom is 0.355 e. The number of pyridine rings is 2. The van der Waals surface area contributed by atoms with Gasteiger partial charge in [0.2, 0.25) is 5.91 Å². The SMILES string of the molecule is C=CC(=O)N1CCN(c2nc(=O)n(-c3c(C)ccnc3C(C)C)c3nc(-c4c(O)cccc4SC)c(Cl)cc23)[C@@H](C)C1. The Balaban J connectivity index is 1.84. The molecule has 0 spiro atoms. The molecule has 4 heterocycles. The quantitative estimate of drug-likeness (QED) is 0.225. The van der Waals surface area contributed by atoms with Crippen molar-refractivity contribution in [3.8, 4) is 22.7 Å². The first kappa shape index (κ1) is 29.6. The fourth-order valence-corrected chi connectivity index (χ4v) is 6.38. The minimum absolute atomic E-state index is 0.0186. The summed E-state index contributed by atoms with van der Waals surface area (Å²) in [7, 11) is 0. The molecule has 1 atom stereocenters. The number of amides is 1. The third-order valence-electron chi connectivity index (χ3n) is 7.57. The van der Waals surface area contributed by atoms with E-state index >= 15 is 0 Å². The second-order valence-electron chi connectivity index (χ2n) is 10.6. The van der Waals surface area contributed by atoms with E-state index in [1.54, 1.807) is 29.3 Å². The summed E-state index contributed by atoms with van der Waals surface area (Å²) in [5, 5.41) is 11.8. The fraction of sp³-hybridized carbons (Fsp3) is 0.323. The number of phenols is 1. The molecule has 9 nitrogen and oxygen atoms in total. The molecule has 0 aliphatic carbocycles. The third kappa shape index (κ3) is 5.13. The highest BCUT2D eigenvalue weighted by Gasteiger charge is 2.30. The lowest BCUT2D eigenvalue weighted by molar-refractivity contribution is -0.126. The van der Waals surface area contributed by atoms with Crippen LogP contribution in [0.5, 0.6) is 5.75 Å². The molecule has 1 aliphatic rings. The molecule has 1 aromatic carbocycles. The molecule has 1 fully saturated rings. The van der Waals surface area contributed by atoms with E-state index in [9.17, 15) is 14.7 Å². The number of thioether (sulfide) groups is 1. The van der Waals surface area contributed by atoms with E-state index in [1.165, 1.54) is 22.4 Å². The first-order chi connectivity index (χ1) is 20.1. The minimum Gasteiger partial charge on any atom is -0.507 e. The number of aryl methyl sites for hydroxylation is 1. The number of halogens is 1. The van der Waals surface area contributed by atoms with E-state index in [1.807, 2.05) is 51.0 Å². The van der Waals surface area contributed by atoms with Crippen LogP contribution in [0.1, 0.15) is 37.9 Å². The van der Waals surface area contributed by atoms with Gasteiger partial charge in [0.05, 0.1) is 33.0 Å². The second kappa shape index (κ2) is 11.8. The second-order valence-corrected chi connectivity index (χ2v) is 11.9. The number of carbonyl (C=O) groups is 1. The smallest absolute Gasteiger partial charge is 0.355 e. The van der Waals surface area contributed by atoms with Gasteiger partial charge in [0, 0.05) is 36.8 Å². The number of fused-ring (bicyclic) bond motifs is 1. The predicted molar refractivity (Wildman–Crippen MR) is 169 cm³/mol. The van der Waals surface area contributed by atoms with Gasteiger partial charge >= 0.3 is 5.69 Å². The highest BCUT2D eigenvalue weighted by molar-refractivity contribution is 7.98. The van der Waals surface area contributed by atoms with E-state index in [-0.39, 0.29) is 23.6 Å². The Morgan fingerprint density at radius 2 is 2.00 bits per heavy atom. The van der Waals surface area contributed by atoms with Crippen LogP contribution >= 0.6 is 23.4 Å². The van der Waals surface area contributed by atoms with Crippen LogP contribution in [0, 0.1) is 6.92 Å². The Bertz CT molecular complexity index is 1770. The molecule has 4 aromatic rings. The topological polar surface area (TPSA) is 104 Å². The van der Waals surface area contributed by atoms with Crippen LogP contribution in [-0.4, -0.2) is 67.4 Å². The molecular weight excluding hydrogens is 572 g/mol. The summed E-state index contributed by atoms with van der Waals surface area (Å²) in [6.45, 7) is 12.9. The van der Waals surface area contributed by atoms with Gasteiger partial charge in [-0.15, -0.1) is 11.8 Å². The lowest BCUT2D eigenvalue weighted by atomic mass is 10.0. The summed E-state index contributed by atoms with van der Waals surface area (Å²) < 4.78 is 1.51. The van der Waals surface area contributed by atoms with E-state index in [2.05, 4.69) is 16.5 Å². The number of anilines is 1.